The molecule has 1 aliphatic rings. The molecule has 0 saturated heterocycles. The van der Waals surface area contributed by atoms with Crippen LogP contribution in [0, 0.1) is 5.92 Å². The highest BCUT2D eigenvalue weighted by molar-refractivity contribution is 4.92. The fourth-order valence-electron chi connectivity index (χ4n) is 2.01. The van der Waals surface area contributed by atoms with Gasteiger partial charge in [0.25, 0.3) is 0 Å². The first-order chi connectivity index (χ1) is 6.66. The van der Waals surface area contributed by atoms with E-state index in [4.69, 9.17) is 4.74 Å². The Hall–Kier alpha value is -0.0800. The van der Waals surface area contributed by atoms with Crippen molar-refractivity contribution in [3.8, 4) is 0 Å². The van der Waals surface area contributed by atoms with E-state index in [1.165, 1.54) is 19.3 Å². The minimum atomic E-state index is 0.0125. The van der Waals surface area contributed by atoms with E-state index in [9.17, 15) is 0 Å². The molecule has 1 rings (SSSR count). The Morgan fingerprint density at radius 2 is 2.07 bits per heavy atom. The minimum Gasteiger partial charge on any atom is -0.377 e. The Bertz CT molecular complexity index is 162. The molecule has 0 radical (unpaired) electrons. The maximum atomic E-state index is 5.67. The zero-order valence-electron chi connectivity index (χ0n) is 10.1. The van der Waals surface area contributed by atoms with E-state index in [2.05, 4.69) is 26.1 Å². The molecule has 0 aromatic carbocycles. The Morgan fingerprint density at radius 1 is 1.43 bits per heavy atom. The number of hydrogen-bond donors (Lipinski definition) is 1. The van der Waals surface area contributed by atoms with Gasteiger partial charge in [-0.25, -0.2) is 0 Å². The monoisotopic (exact) mass is 199 g/mol. The van der Waals surface area contributed by atoms with Crippen molar-refractivity contribution in [2.75, 3.05) is 13.7 Å². The maximum absolute atomic E-state index is 5.67. The second-order valence-corrected chi connectivity index (χ2v) is 4.66. The van der Waals surface area contributed by atoms with Crippen LogP contribution in [0.5, 0.6) is 0 Å². The van der Waals surface area contributed by atoms with Gasteiger partial charge in [-0.15, -0.1) is 0 Å². The van der Waals surface area contributed by atoms with E-state index in [0.717, 1.165) is 18.9 Å². The summed E-state index contributed by atoms with van der Waals surface area (Å²) in [6.45, 7) is 7.64. The van der Waals surface area contributed by atoms with Crippen molar-refractivity contribution in [2.45, 2.75) is 58.1 Å². The minimum absolute atomic E-state index is 0.0125. The first-order valence-corrected chi connectivity index (χ1v) is 5.94. The largest absolute Gasteiger partial charge is 0.377 e. The third-order valence-electron chi connectivity index (χ3n) is 3.62. The first-order valence-electron chi connectivity index (χ1n) is 5.94. The number of ether oxygens (including phenoxy) is 1. The molecule has 0 spiro atoms. The lowest BCUT2D eigenvalue weighted by Gasteiger charge is -2.36. The zero-order valence-corrected chi connectivity index (χ0v) is 10.1. The first kappa shape index (κ1) is 12.0. The van der Waals surface area contributed by atoms with E-state index in [1.807, 2.05) is 7.11 Å². The van der Waals surface area contributed by atoms with Crippen LogP contribution in [0.4, 0.5) is 0 Å². The summed E-state index contributed by atoms with van der Waals surface area (Å²) >= 11 is 0. The highest BCUT2D eigenvalue weighted by atomic mass is 16.5. The lowest BCUT2D eigenvalue weighted by Crippen LogP contribution is -2.50. The van der Waals surface area contributed by atoms with Crippen molar-refractivity contribution in [3.63, 3.8) is 0 Å². The quantitative estimate of drug-likeness (QED) is 0.680. The van der Waals surface area contributed by atoms with Gasteiger partial charge in [-0.05, 0) is 32.2 Å². The molecule has 0 aromatic rings. The molecule has 2 heteroatoms. The molecule has 0 aliphatic heterocycles. The van der Waals surface area contributed by atoms with Crippen LogP contribution in [0.15, 0.2) is 0 Å². The topological polar surface area (TPSA) is 21.3 Å². The van der Waals surface area contributed by atoms with Gasteiger partial charge in [-0.2, -0.15) is 0 Å². The summed E-state index contributed by atoms with van der Waals surface area (Å²) in [5, 5.41) is 3.57. The van der Waals surface area contributed by atoms with Gasteiger partial charge in [0, 0.05) is 13.2 Å². The van der Waals surface area contributed by atoms with Crippen LogP contribution in [0.25, 0.3) is 0 Å². The van der Waals surface area contributed by atoms with E-state index < -0.39 is 0 Å². The van der Waals surface area contributed by atoms with Gasteiger partial charge >= 0.3 is 0 Å². The highest BCUT2D eigenvalue weighted by Crippen LogP contribution is 2.37. The highest BCUT2D eigenvalue weighted by Gasteiger charge is 2.36. The smallest absolute Gasteiger partial charge is 0.0800 e. The van der Waals surface area contributed by atoms with Gasteiger partial charge in [-0.3, -0.25) is 0 Å². The molecule has 2 nitrogen and oxygen atoms in total. The maximum Gasteiger partial charge on any atom is 0.0800 e. The van der Waals surface area contributed by atoms with Gasteiger partial charge in [0.1, 0.15) is 0 Å². The lowest BCUT2D eigenvalue weighted by molar-refractivity contribution is -0.0320. The van der Waals surface area contributed by atoms with Crippen LogP contribution >= 0.6 is 0 Å². The third-order valence-corrected chi connectivity index (χ3v) is 3.62. The van der Waals surface area contributed by atoms with Gasteiger partial charge in [-0.1, -0.05) is 26.7 Å². The SMILES string of the molecule is CCNC(CC1CC1)C(C)(CC)OC. The van der Waals surface area contributed by atoms with Crippen LogP contribution in [-0.2, 0) is 4.74 Å². The summed E-state index contributed by atoms with van der Waals surface area (Å²) < 4.78 is 5.67. The van der Waals surface area contributed by atoms with Crippen molar-refractivity contribution in [1.82, 2.24) is 5.32 Å². The second kappa shape index (κ2) is 5.13. The van der Waals surface area contributed by atoms with E-state index in [1.54, 1.807) is 0 Å². The molecular formula is C12H25NO. The number of methoxy groups -OCH3 is 1. The standard InChI is InChI=1S/C12H25NO/c1-5-12(3,14-4)11(13-6-2)9-10-7-8-10/h10-11,13H,5-9H2,1-4H3. The Labute approximate surface area is 88.4 Å². The zero-order chi connectivity index (χ0) is 10.6. The molecule has 84 valence electrons. The van der Waals surface area contributed by atoms with Crippen LogP contribution < -0.4 is 5.32 Å². The van der Waals surface area contributed by atoms with Crippen molar-refractivity contribution < 1.29 is 4.74 Å². The summed E-state index contributed by atoms with van der Waals surface area (Å²) in [5.74, 6) is 0.958. The normalized spacial score (nSPS) is 23.1. The molecule has 0 aromatic heterocycles. The van der Waals surface area contributed by atoms with Gasteiger partial charge in [0.15, 0.2) is 0 Å². The third kappa shape index (κ3) is 2.96. The second-order valence-electron chi connectivity index (χ2n) is 4.66. The fourth-order valence-corrected chi connectivity index (χ4v) is 2.01. The summed E-state index contributed by atoms with van der Waals surface area (Å²) in [6.07, 6.45) is 5.21. The number of nitrogens with one attached hydrogen (secondary N) is 1. The Morgan fingerprint density at radius 3 is 2.43 bits per heavy atom. The van der Waals surface area contributed by atoms with Crippen molar-refractivity contribution in [3.05, 3.63) is 0 Å². The average molecular weight is 199 g/mol. The molecular weight excluding hydrogens is 174 g/mol. The van der Waals surface area contributed by atoms with Gasteiger partial charge < -0.3 is 10.1 Å². The summed E-state index contributed by atoms with van der Waals surface area (Å²) in [4.78, 5) is 0. The summed E-state index contributed by atoms with van der Waals surface area (Å²) in [7, 11) is 1.83. The molecule has 0 bridgehead atoms. The molecule has 0 amide bonds. The van der Waals surface area contributed by atoms with Crippen LogP contribution in [-0.4, -0.2) is 25.3 Å². The molecule has 1 fully saturated rings. The van der Waals surface area contributed by atoms with E-state index >= 15 is 0 Å². The summed E-state index contributed by atoms with van der Waals surface area (Å²) in [5.41, 5.74) is 0.0125. The predicted molar refractivity (Wildman–Crippen MR) is 60.5 cm³/mol. The molecule has 1 N–H and O–H groups in total. The number of likely N-dealkylation sites (N-methyl/N-ethyl adjacent to an activating group) is 1. The molecule has 2 atom stereocenters. The Kier molecular flexibility index (Phi) is 4.39. The van der Waals surface area contributed by atoms with Gasteiger partial charge in [0.2, 0.25) is 0 Å². The molecule has 2 unspecified atom stereocenters. The van der Waals surface area contributed by atoms with Crippen LogP contribution in [0.2, 0.25) is 0 Å². The van der Waals surface area contributed by atoms with Crippen molar-refractivity contribution in [1.29, 1.82) is 0 Å². The lowest BCUT2D eigenvalue weighted by atomic mass is 9.89. The van der Waals surface area contributed by atoms with Crippen LogP contribution in [0.3, 0.4) is 0 Å². The molecule has 1 saturated carbocycles. The summed E-state index contributed by atoms with van der Waals surface area (Å²) in [6, 6.07) is 0.523. The van der Waals surface area contributed by atoms with E-state index in [0.29, 0.717) is 6.04 Å². The molecule has 0 heterocycles. The van der Waals surface area contributed by atoms with Crippen molar-refractivity contribution >= 4 is 0 Å². The number of hydrogen-bond acceptors (Lipinski definition) is 2. The van der Waals surface area contributed by atoms with E-state index in [-0.39, 0.29) is 5.60 Å². The molecule has 14 heavy (non-hydrogen) atoms. The van der Waals surface area contributed by atoms with Crippen LogP contribution in [0.1, 0.15) is 46.5 Å². The average Bonchev–Trinajstić information content (AvgIpc) is 3.00. The number of rotatable bonds is 7. The predicted octanol–water partition coefficient (Wildman–Crippen LogP) is 2.58. The fraction of sp³-hybridized carbons (Fsp3) is 1.00. The molecule has 1 aliphatic carbocycles. The Balaban J connectivity index is 2.52. The van der Waals surface area contributed by atoms with Gasteiger partial charge in [0.05, 0.1) is 5.60 Å². The van der Waals surface area contributed by atoms with Crippen molar-refractivity contribution in [2.24, 2.45) is 5.92 Å².